The van der Waals surface area contributed by atoms with Crippen molar-refractivity contribution < 1.29 is 4.52 Å². The number of hydrogen-bond donors (Lipinski definition) is 1. The van der Waals surface area contributed by atoms with Crippen LogP contribution in [0.25, 0.3) is 0 Å². The number of anilines is 1. The number of hydrogen-bond acceptors (Lipinski definition) is 6. The first-order chi connectivity index (χ1) is 9.02. The van der Waals surface area contributed by atoms with Crippen LogP contribution in [-0.4, -0.2) is 15.6 Å². The molecule has 0 aliphatic carbocycles. The lowest BCUT2D eigenvalue weighted by atomic mass is 10.1. The molecule has 0 amide bonds. The molecule has 2 heterocycles. The summed E-state index contributed by atoms with van der Waals surface area (Å²) < 4.78 is 9.35. The molecule has 19 heavy (non-hydrogen) atoms. The van der Waals surface area contributed by atoms with Gasteiger partial charge in [0.2, 0.25) is 0 Å². The van der Waals surface area contributed by atoms with Gasteiger partial charge in [0.25, 0.3) is 0 Å². The molecule has 0 aliphatic rings. The van der Waals surface area contributed by atoms with Crippen molar-refractivity contribution in [1.29, 1.82) is 5.26 Å². The molecule has 2 aromatic heterocycles. The number of rotatable bonds is 4. The second-order valence-electron chi connectivity index (χ2n) is 4.64. The fourth-order valence-electron chi connectivity index (χ4n) is 1.97. The maximum absolute atomic E-state index is 9.10. The molecule has 2 aromatic rings. The molecule has 0 bridgehead atoms. The number of aromatic nitrogens is 2. The topological polar surface area (TPSA) is 74.7 Å². The normalized spacial score (nSPS) is 12.2. The Balaban J connectivity index is 2.10. The van der Waals surface area contributed by atoms with Crippen molar-refractivity contribution in [3.63, 3.8) is 0 Å². The van der Waals surface area contributed by atoms with Gasteiger partial charge in [-0.2, -0.15) is 9.64 Å². The summed E-state index contributed by atoms with van der Waals surface area (Å²) in [5.41, 5.74) is 3.46. The molecular weight excluding hydrogens is 260 g/mol. The van der Waals surface area contributed by atoms with Crippen molar-refractivity contribution in [2.45, 2.75) is 40.2 Å². The van der Waals surface area contributed by atoms with E-state index in [2.05, 4.69) is 27.8 Å². The first-order valence-corrected chi connectivity index (χ1v) is 6.85. The fourth-order valence-corrected chi connectivity index (χ4v) is 2.83. The highest BCUT2D eigenvalue weighted by Crippen LogP contribution is 2.25. The van der Waals surface area contributed by atoms with Gasteiger partial charge in [-0.25, -0.2) is 0 Å². The number of nitrogens with zero attached hydrogens (tertiary/aromatic N) is 3. The Kier molecular flexibility index (Phi) is 3.86. The van der Waals surface area contributed by atoms with Gasteiger partial charge in [0.15, 0.2) is 0 Å². The summed E-state index contributed by atoms with van der Waals surface area (Å²) >= 11 is 1.33. The summed E-state index contributed by atoms with van der Waals surface area (Å²) in [6, 6.07) is 2.37. The van der Waals surface area contributed by atoms with Gasteiger partial charge < -0.3 is 9.84 Å². The van der Waals surface area contributed by atoms with Gasteiger partial charge in [0, 0.05) is 11.6 Å². The Bertz CT molecular complexity index is 604. The number of nitriles is 1. The molecule has 2 rings (SSSR count). The average molecular weight is 276 g/mol. The summed E-state index contributed by atoms with van der Waals surface area (Å²) in [5, 5.41) is 17.2. The highest BCUT2D eigenvalue weighted by molar-refractivity contribution is 7.10. The van der Waals surface area contributed by atoms with Crippen molar-refractivity contribution in [2.75, 3.05) is 5.32 Å². The molecule has 0 aromatic carbocycles. The minimum atomic E-state index is 0.184. The van der Waals surface area contributed by atoms with Crippen LogP contribution in [0.3, 0.4) is 0 Å². The van der Waals surface area contributed by atoms with Crippen LogP contribution >= 0.6 is 11.5 Å². The van der Waals surface area contributed by atoms with Gasteiger partial charge in [-0.15, -0.1) is 0 Å². The van der Waals surface area contributed by atoms with E-state index in [1.54, 1.807) is 0 Å². The molecule has 0 spiro atoms. The quantitative estimate of drug-likeness (QED) is 0.929. The number of nitrogens with one attached hydrogen (secondary N) is 1. The van der Waals surface area contributed by atoms with E-state index < -0.39 is 0 Å². The fraction of sp³-hybridized carbons (Fsp3) is 0.462. The Morgan fingerprint density at radius 1 is 1.37 bits per heavy atom. The SMILES string of the molecule is Cc1nsc(N[C@@H](C)Cc2c(C)noc2C)c1C#N. The predicted molar refractivity (Wildman–Crippen MR) is 74.3 cm³/mol. The van der Waals surface area contributed by atoms with Crippen LogP contribution in [0.5, 0.6) is 0 Å². The molecule has 5 nitrogen and oxygen atoms in total. The van der Waals surface area contributed by atoms with E-state index in [0.29, 0.717) is 5.56 Å². The summed E-state index contributed by atoms with van der Waals surface area (Å²) in [4.78, 5) is 0. The average Bonchev–Trinajstić information content (AvgIpc) is 2.86. The lowest BCUT2D eigenvalue weighted by Gasteiger charge is -2.13. The third-order valence-corrected chi connectivity index (χ3v) is 3.91. The maximum atomic E-state index is 9.10. The first-order valence-electron chi connectivity index (χ1n) is 6.07. The van der Waals surface area contributed by atoms with E-state index >= 15 is 0 Å². The minimum absolute atomic E-state index is 0.184. The van der Waals surface area contributed by atoms with Crippen LogP contribution < -0.4 is 5.32 Å². The second kappa shape index (κ2) is 5.41. The zero-order chi connectivity index (χ0) is 14.0. The van der Waals surface area contributed by atoms with Gasteiger partial charge in [0.05, 0.1) is 11.4 Å². The summed E-state index contributed by atoms with van der Waals surface area (Å²) in [5.74, 6) is 0.854. The van der Waals surface area contributed by atoms with Gasteiger partial charge in [-0.05, 0) is 45.6 Å². The van der Waals surface area contributed by atoms with Gasteiger partial charge in [-0.1, -0.05) is 5.16 Å². The van der Waals surface area contributed by atoms with Crippen molar-refractivity contribution in [3.05, 3.63) is 28.3 Å². The Hall–Kier alpha value is -1.87. The smallest absolute Gasteiger partial charge is 0.137 e. The third-order valence-electron chi connectivity index (χ3n) is 3.04. The third kappa shape index (κ3) is 2.76. The highest BCUT2D eigenvalue weighted by atomic mass is 32.1. The molecule has 0 fully saturated rings. The van der Waals surface area contributed by atoms with Crippen molar-refractivity contribution in [1.82, 2.24) is 9.53 Å². The Morgan fingerprint density at radius 3 is 2.68 bits per heavy atom. The van der Waals surface area contributed by atoms with Crippen molar-refractivity contribution >= 4 is 16.5 Å². The van der Waals surface area contributed by atoms with E-state index in [1.165, 1.54) is 11.5 Å². The molecule has 0 radical (unpaired) electrons. The second-order valence-corrected chi connectivity index (χ2v) is 5.41. The Morgan fingerprint density at radius 2 is 2.11 bits per heavy atom. The Labute approximate surface area is 116 Å². The minimum Gasteiger partial charge on any atom is -0.372 e. The predicted octanol–water partition coefficient (Wildman–Crippen LogP) is 2.97. The zero-order valence-corrected chi connectivity index (χ0v) is 12.3. The lowest BCUT2D eigenvalue weighted by molar-refractivity contribution is 0.392. The van der Waals surface area contributed by atoms with Gasteiger partial charge in [0.1, 0.15) is 22.4 Å². The first kappa shape index (κ1) is 13.6. The van der Waals surface area contributed by atoms with Crippen LogP contribution in [-0.2, 0) is 6.42 Å². The van der Waals surface area contributed by atoms with Crippen LogP contribution in [0.1, 0.15) is 35.2 Å². The number of aryl methyl sites for hydroxylation is 3. The molecule has 0 aliphatic heterocycles. The van der Waals surface area contributed by atoms with Crippen molar-refractivity contribution in [3.8, 4) is 6.07 Å². The molecule has 0 saturated carbocycles. The zero-order valence-electron chi connectivity index (χ0n) is 11.4. The van der Waals surface area contributed by atoms with E-state index in [-0.39, 0.29) is 6.04 Å². The standard InChI is InChI=1S/C13H16N4OS/c1-7(5-11-8(2)16-18-10(11)4)15-13-12(6-14)9(3)17-19-13/h7,15H,5H2,1-4H3/t7-/m0/s1. The molecule has 6 heteroatoms. The van der Waals surface area contributed by atoms with Crippen LogP contribution in [0.2, 0.25) is 0 Å². The molecule has 1 atom stereocenters. The largest absolute Gasteiger partial charge is 0.372 e. The molecule has 0 saturated heterocycles. The van der Waals surface area contributed by atoms with Gasteiger partial charge >= 0.3 is 0 Å². The van der Waals surface area contributed by atoms with E-state index in [4.69, 9.17) is 9.78 Å². The van der Waals surface area contributed by atoms with Crippen LogP contribution in [0.15, 0.2) is 4.52 Å². The molecular formula is C13H16N4OS. The molecule has 1 N–H and O–H groups in total. The molecule has 100 valence electrons. The summed E-state index contributed by atoms with van der Waals surface area (Å²) in [6.45, 7) is 7.77. The summed E-state index contributed by atoms with van der Waals surface area (Å²) in [7, 11) is 0. The highest BCUT2D eigenvalue weighted by Gasteiger charge is 2.16. The lowest BCUT2D eigenvalue weighted by Crippen LogP contribution is -2.18. The van der Waals surface area contributed by atoms with Gasteiger partial charge in [-0.3, -0.25) is 0 Å². The maximum Gasteiger partial charge on any atom is 0.137 e. The van der Waals surface area contributed by atoms with E-state index in [1.807, 2.05) is 20.8 Å². The summed E-state index contributed by atoms with van der Waals surface area (Å²) in [6.07, 6.45) is 0.809. The van der Waals surface area contributed by atoms with E-state index in [0.717, 1.165) is 34.1 Å². The van der Waals surface area contributed by atoms with E-state index in [9.17, 15) is 0 Å². The van der Waals surface area contributed by atoms with Crippen LogP contribution in [0.4, 0.5) is 5.00 Å². The van der Waals surface area contributed by atoms with Crippen LogP contribution in [0, 0.1) is 32.1 Å². The van der Waals surface area contributed by atoms with Crippen molar-refractivity contribution in [2.24, 2.45) is 0 Å². The molecule has 0 unspecified atom stereocenters. The monoisotopic (exact) mass is 276 g/mol.